The summed E-state index contributed by atoms with van der Waals surface area (Å²) in [6.45, 7) is 4.25. The van der Waals surface area contributed by atoms with E-state index in [-0.39, 0.29) is 17.7 Å². The molecule has 21 heavy (non-hydrogen) atoms. The van der Waals surface area contributed by atoms with Crippen LogP contribution in [-0.2, 0) is 9.59 Å². The van der Waals surface area contributed by atoms with Gasteiger partial charge in [-0.2, -0.15) is 0 Å². The standard InChI is InChI=1S/C15H25N3O3/c19-13-2-1-7-17(13)8-3-14(20)18-9-5-15(21)4-6-16-10-12(15)11-18/h12,16,21H,1-11H2/t12-,15-/m0/s1. The molecule has 3 saturated heterocycles. The second kappa shape index (κ2) is 5.93. The Bertz CT molecular complexity index is 428. The van der Waals surface area contributed by atoms with Gasteiger partial charge in [0.25, 0.3) is 0 Å². The molecule has 0 radical (unpaired) electrons. The lowest BCUT2D eigenvalue weighted by Gasteiger charge is -2.47. The van der Waals surface area contributed by atoms with Crippen molar-refractivity contribution in [3.8, 4) is 0 Å². The number of carbonyl (C=O) groups is 2. The fourth-order valence-electron chi connectivity index (χ4n) is 3.78. The molecule has 0 aliphatic carbocycles. The summed E-state index contributed by atoms with van der Waals surface area (Å²) >= 11 is 0. The zero-order valence-electron chi connectivity index (χ0n) is 12.5. The van der Waals surface area contributed by atoms with E-state index in [9.17, 15) is 14.7 Å². The third kappa shape index (κ3) is 3.06. The van der Waals surface area contributed by atoms with Gasteiger partial charge in [-0.25, -0.2) is 0 Å². The Morgan fingerprint density at radius 2 is 2.24 bits per heavy atom. The van der Waals surface area contributed by atoms with Crippen LogP contribution in [0.4, 0.5) is 0 Å². The van der Waals surface area contributed by atoms with Crippen molar-refractivity contribution in [1.29, 1.82) is 0 Å². The molecule has 0 aromatic heterocycles. The maximum absolute atomic E-state index is 12.3. The normalized spacial score (nSPS) is 33.2. The second-order valence-electron chi connectivity index (χ2n) is 6.58. The largest absolute Gasteiger partial charge is 0.389 e. The first kappa shape index (κ1) is 14.8. The number of piperidine rings is 2. The number of carbonyl (C=O) groups excluding carboxylic acids is 2. The molecule has 3 heterocycles. The first-order valence-corrected chi connectivity index (χ1v) is 8.07. The number of amides is 2. The van der Waals surface area contributed by atoms with Gasteiger partial charge in [-0.15, -0.1) is 0 Å². The lowest BCUT2D eigenvalue weighted by atomic mass is 9.76. The van der Waals surface area contributed by atoms with Crippen molar-refractivity contribution in [2.75, 3.05) is 39.3 Å². The van der Waals surface area contributed by atoms with E-state index in [0.717, 1.165) is 32.5 Å². The van der Waals surface area contributed by atoms with E-state index in [1.54, 1.807) is 4.90 Å². The van der Waals surface area contributed by atoms with Crippen LogP contribution in [0.3, 0.4) is 0 Å². The van der Waals surface area contributed by atoms with Gasteiger partial charge in [0.05, 0.1) is 5.60 Å². The van der Waals surface area contributed by atoms with Gasteiger partial charge in [0.1, 0.15) is 0 Å². The minimum Gasteiger partial charge on any atom is -0.389 e. The number of fused-ring (bicyclic) bond motifs is 1. The molecule has 0 bridgehead atoms. The Kier molecular flexibility index (Phi) is 4.17. The van der Waals surface area contributed by atoms with Crippen LogP contribution in [0.1, 0.15) is 32.1 Å². The number of likely N-dealkylation sites (tertiary alicyclic amines) is 2. The quantitative estimate of drug-likeness (QED) is 0.741. The van der Waals surface area contributed by atoms with Gasteiger partial charge in [-0.1, -0.05) is 0 Å². The Morgan fingerprint density at radius 3 is 3.00 bits per heavy atom. The molecule has 6 heteroatoms. The molecule has 0 saturated carbocycles. The fourth-order valence-corrected chi connectivity index (χ4v) is 3.78. The van der Waals surface area contributed by atoms with Crippen LogP contribution in [0, 0.1) is 5.92 Å². The lowest BCUT2D eigenvalue weighted by molar-refractivity contribution is -0.142. The number of nitrogens with zero attached hydrogens (tertiary/aromatic N) is 2. The third-order valence-corrected chi connectivity index (χ3v) is 5.26. The van der Waals surface area contributed by atoms with Crippen LogP contribution in [0.5, 0.6) is 0 Å². The first-order chi connectivity index (χ1) is 10.1. The molecule has 3 rings (SSSR count). The van der Waals surface area contributed by atoms with E-state index >= 15 is 0 Å². The van der Waals surface area contributed by atoms with Gasteiger partial charge < -0.3 is 20.2 Å². The summed E-state index contributed by atoms with van der Waals surface area (Å²) in [7, 11) is 0. The van der Waals surface area contributed by atoms with Gasteiger partial charge in [0, 0.05) is 51.5 Å². The molecule has 6 nitrogen and oxygen atoms in total. The molecule has 118 valence electrons. The highest BCUT2D eigenvalue weighted by Crippen LogP contribution is 2.33. The molecule has 3 aliphatic heterocycles. The van der Waals surface area contributed by atoms with Crippen molar-refractivity contribution in [1.82, 2.24) is 15.1 Å². The number of rotatable bonds is 3. The molecule has 2 atom stereocenters. The molecular formula is C15H25N3O3. The molecule has 3 aliphatic rings. The smallest absolute Gasteiger partial charge is 0.224 e. The average molecular weight is 295 g/mol. The highest BCUT2D eigenvalue weighted by molar-refractivity contribution is 5.80. The number of nitrogens with one attached hydrogen (secondary N) is 1. The van der Waals surface area contributed by atoms with Crippen LogP contribution in [-0.4, -0.2) is 71.6 Å². The molecule has 0 aromatic carbocycles. The zero-order valence-corrected chi connectivity index (χ0v) is 12.5. The van der Waals surface area contributed by atoms with Crippen molar-refractivity contribution in [3.05, 3.63) is 0 Å². The topological polar surface area (TPSA) is 72.9 Å². The van der Waals surface area contributed by atoms with Gasteiger partial charge in [0.2, 0.25) is 11.8 Å². The second-order valence-corrected chi connectivity index (χ2v) is 6.58. The molecule has 0 aromatic rings. The predicted molar refractivity (Wildman–Crippen MR) is 77.6 cm³/mol. The van der Waals surface area contributed by atoms with Crippen molar-refractivity contribution in [2.45, 2.75) is 37.7 Å². The maximum Gasteiger partial charge on any atom is 0.224 e. The monoisotopic (exact) mass is 295 g/mol. The summed E-state index contributed by atoms with van der Waals surface area (Å²) in [5.41, 5.74) is -0.590. The molecular weight excluding hydrogens is 270 g/mol. The number of hydrogen-bond acceptors (Lipinski definition) is 4. The van der Waals surface area contributed by atoms with E-state index in [1.165, 1.54) is 0 Å². The Morgan fingerprint density at radius 1 is 1.38 bits per heavy atom. The van der Waals surface area contributed by atoms with E-state index in [4.69, 9.17) is 0 Å². The molecule has 2 amide bonds. The minimum absolute atomic E-state index is 0.113. The van der Waals surface area contributed by atoms with Gasteiger partial charge in [-0.05, 0) is 25.8 Å². The van der Waals surface area contributed by atoms with E-state index in [0.29, 0.717) is 38.9 Å². The SMILES string of the molecule is O=C1CCCN1CCC(=O)N1CC[C@@]2(O)CCNC[C@H]2C1. The van der Waals surface area contributed by atoms with Crippen molar-refractivity contribution >= 4 is 11.8 Å². The third-order valence-electron chi connectivity index (χ3n) is 5.26. The lowest BCUT2D eigenvalue weighted by Crippen LogP contribution is -2.60. The van der Waals surface area contributed by atoms with E-state index in [1.807, 2.05) is 4.90 Å². The van der Waals surface area contributed by atoms with E-state index in [2.05, 4.69) is 5.32 Å². The summed E-state index contributed by atoms with van der Waals surface area (Å²) in [5, 5.41) is 13.9. The summed E-state index contributed by atoms with van der Waals surface area (Å²) < 4.78 is 0. The predicted octanol–water partition coefficient (Wildman–Crippen LogP) is -0.428. The van der Waals surface area contributed by atoms with E-state index < -0.39 is 5.60 Å². The van der Waals surface area contributed by atoms with Crippen LogP contribution >= 0.6 is 0 Å². The highest BCUT2D eigenvalue weighted by Gasteiger charge is 2.43. The Labute approximate surface area is 125 Å². The summed E-state index contributed by atoms with van der Waals surface area (Å²) in [4.78, 5) is 27.5. The number of aliphatic hydroxyl groups is 1. The summed E-state index contributed by atoms with van der Waals surface area (Å²) in [6.07, 6.45) is 3.40. The Hall–Kier alpha value is -1.14. The number of hydrogen-bond donors (Lipinski definition) is 2. The maximum atomic E-state index is 12.3. The van der Waals surface area contributed by atoms with Crippen molar-refractivity contribution in [2.24, 2.45) is 5.92 Å². The Balaban J connectivity index is 1.50. The summed E-state index contributed by atoms with van der Waals surface area (Å²) in [5.74, 6) is 0.423. The minimum atomic E-state index is -0.590. The fraction of sp³-hybridized carbons (Fsp3) is 0.867. The molecule has 3 fully saturated rings. The van der Waals surface area contributed by atoms with Crippen molar-refractivity contribution < 1.29 is 14.7 Å². The van der Waals surface area contributed by atoms with Crippen molar-refractivity contribution in [3.63, 3.8) is 0 Å². The first-order valence-electron chi connectivity index (χ1n) is 8.07. The van der Waals surface area contributed by atoms with Crippen LogP contribution in [0.15, 0.2) is 0 Å². The van der Waals surface area contributed by atoms with Crippen LogP contribution in [0.2, 0.25) is 0 Å². The molecule has 0 unspecified atom stereocenters. The average Bonchev–Trinajstić information content (AvgIpc) is 2.89. The molecule has 0 spiro atoms. The zero-order chi connectivity index (χ0) is 14.9. The van der Waals surface area contributed by atoms with Crippen LogP contribution < -0.4 is 5.32 Å². The van der Waals surface area contributed by atoms with Gasteiger partial charge in [0.15, 0.2) is 0 Å². The molecule has 2 N–H and O–H groups in total. The summed E-state index contributed by atoms with van der Waals surface area (Å²) in [6, 6.07) is 0. The van der Waals surface area contributed by atoms with Gasteiger partial charge in [-0.3, -0.25) is 9.59 Å². The van der Waals surface area contributed by atoms with Crippen LogP contribution in [0.25, 0.3) is 0 Å². The highest BCUT2D eigenvalue weighted by atomic mass is 16.3. The van der Waals surface area contributed by atoms with Gasteiger partial charge >= 0.3 is 0 Å².